The maximum atomic E-state index is 12.2. The summed E-state index contributed by atoms with van der Waals surface area (Å²) in [6, 6.07) is 9.87. The summed E-state index contributed by atoms with van der Waals surface area (Å²) in [6.45, 7) is 5.44. The number of nitro benzene ring substituents is 1. The van der Waals surface area contributed by atoms with E-state index >= 15 is 0 Å². The SMILES string of the molecule is CC(=O)N(Cc1ccc([N+](=O)[O-])cc1)c1nonc1-n1c(C)ccc1C. The lowest BCUT2D eigenvalue weighted by molar-refractivity contribution is -0.384. The molecular weight excluding hydrogens is 338 g/mol. The molecule has 9 heteroatoms. The molecule has 2 heterocycles. The van der Waals surface area contributed by atoms with Gasteiger partial charge in [-0.2, -0.15) is 0 Å². The number of non-ortho nitro benzene ring substituents is 1. The van der Waals surface area contributed by atoms with Gasteiger partial charge >= 0.3 is 0 Å². The number of carbonyl (C=O) groups is 1. The molecule has 0 saturated carbocycles. The zero-order valence-electron chi connectivity index (χ0n) is 14.5. The number of rotatable bonds is 5. The Labute approximate surface area is 149 Å². The second kappa shape index (κ2) is 6.79. The third-order valence-corrected chi connectivity index (χ3v) is 4.06. The summed E-state index contributed by atoms with van der Waals surface area (Å²) < 4.78 is 6.74. The van der Waals surface area contributed by atoms with E-state index in [9.17, 15) is 14.9 Å². The van der Waals surface area contributed by atoms with Gasteiger partial charge in [0.05, 0.1) is 11.5 Å². The highest BCUT2D eigenvalue weighted by Crippen LogP contribution is 2.26. The Balaban J connectivity index is 1.96. The van der Waals surface area contributed by atoms with Crippen LogP contribution in [0.3, 0.4) is 0 Å². The van der Waals surface area contributed by atoms with Crippen LogP contribution >= 0.6 is 0 Å². The molecule has 0 fully saturated rings. The van der Waals surface area contributed by atoms with Gasteiger partial charge in [0.25, 0.3) is 5.69 Å². The summed E-state index contributed by atoms with van der Waals surface area (Å²) in [5, 5.41) is 18.6. The van der Waals surface area contributed by atoms with Gasteiger partial charge in [-0.1, -0.05) is 12.1 Å². The molecule has 1 amide bonds. The van der Waals surface area contributed by atoms with Gasteiger partial charge in [-0.15, -0.1) is 0 Å². The summed E-state index contributed by atoms with van der Waals surface area (Å²) in [5.74, 6) is 0.461. The molecule has 0 atom stereocenters. The van der Waals surface area contributed by atoms with Crippen LogP contribution in [-0.4, -0.2) is 25.7 Å². The molecule has 2 aromatic heterocycles. The van der Waals surface area contributed by atoms with Gasteiger partial charge in [-0.05, 0) is 41.9 Å². The summed E-state index contributed by atoms with van der Waals surface area (Å²) in [4.78, 5) is 23.9. The molecule has 0 aliphatic carbocycles. The Morgan fingerprint density at radius 3 is 2.31 bits per heavy atom. The number of aromatic nitrogens is 3. The largest absolute Gasteiger partial charge is 0.297 e. The third kappa shape index (κ3) is 3.18. The van der Waals surface area contributed by atoms with Crippen molar-refractivity contribution in [3.63, 3.8) is 0 Å². The summed E-state index contributed by atoms with van der Waals surface area (Å²) in [5.41, 5.74) is 2.57. The first-order valence-electron chi connectivity index (χ1n) is 7.88. The fraction of sp³-hybridized carbons (Fsp3) is 0.235. The highest BCUT2D eigenvalue weighted by atomic mass is 16.6. The van der Waals surface area contributed by atoms with Crippen LogP contribution in [0.1, 0.15) is 23.9 Å². The van der Waals surface area contributed by atoms with E-state index in [0.29, 0.717) is 11.6 Å². The van der Waals surface area contributed by atoms with Crippen molar-refractivity contribution in [1.82, 2.24) is 14.9 Å². The number of hydrogen-bond donors (Lipinski definition) is 0. The maximum Gasteiger partial charge on any atom is 0.269 e. The number of carbonyl (C=O) groups excluding carboxylic acids is 1. The molecule has 0 spiro atoms. The molecule has 3 rings (SSSR count). The minimum absolute atomic E-state index is 0.00879. The predicted molar refractivity (Wildman–Crippen MR) is 93.1 cm³/mol. The van der Waals surface area contributed by atoms with Gasteiger partial charge < -0.3 is 0 Å². The van der Waals surface area contributed by atoms with E-state index in [1.54, 1.807) is 12.1 Å². The van der Waals surface area contributed by atoms with E-state index in [2.05, 4.69) is 10.3 Å². The minimum Gasteiger partial charge on any atom is -0.297 e. The van der Waals surface area contributed by atoms with E-state index in [0.717, 1.165) is 17.0 Å². The Morgan fingerprint density at radius 1 is 1.15 bits per heavy atom. The predicted octanol–water partition coefficient (Wildman–Crippen LogP) is 2.94. The van der Waals surface area contributed by atoms with Gasteiger partial charge in [0.15, 0.2) is 0 Å². The Morgan fingerprint density at radius 2 is 1.77 bits per heavy atom. The Kier molecular flexibility index (Phi) is 4.53. The highest BCUT2D eigenvalue weighted by Gasteiger charge is 2.24. The molecule has 0 saturated heterocycles. The number of hydrogen-bond acceptors (Lipinski definition) is 6. The van der Waals surface area contributed by atoms with Crippen molar-refractivity contribution in [3.8, 4) is 5.82 Å². The van der Waals surface area contributed by atoms with Gasteiger partial charge in [0.2, 0.25) is 17.5 Å². The molecule has 3 aromatic rings. The second-order valence-electron chi connectivity index (χ2n) is 5.89. The average Bonchev–Trinajstić information content (AvgIpc) is 3.19. The smallest absolute Gasteiger partial charge is 0.269 e. The van der Waals surface area contributed by atoms with Crippen molar-refractivity contribution in [1.29, 1.82) is 0 Å². The minimum atomic E-state index is -0.468. The number of nitrogens with zero attached hydrogens (tertiary/aromatic N) is 5. The second-order valence-corrected chi connectivity index (χ2v) is 5.89. The lowest BCUT2D eigenvalue weighted by atomic mass is 10.2. The molecule has 0 radical (unpaired) electrons. The fourth-order valence-corrected chi connectivity index (χ4v) is 2.73. The van der Waals surface area contributed by atoms with Crippen LogP contribution in [0.15, 0.2) is 41.0 Å². The van der Waals surface area contributed by atoms with Crippen molar-refractivity contribution in [3.05, 3.63) is 63.5 Å². The van der Waals surface area contributed by atoms with Crippen LogP contribution < -0.4 is 4.90 Å². The van der Waals surface area contributed by atoms with E-state index in [-0.39, 0.29) is 18.1 Å². The van der Waals surface area contributed by atoms with E-state index < -0.39 is 4.92 Å². The van der Waals surface area contributed by atoms with Crippen LogP contribution in [0.25, 0.3) is 5.82 Å². The van der Waals surface area contributed by atoms with Gasteiger partial charge in [0, 0.05) is 30.4 Å². The molecule has 0 aliphatic heterocycles. The molecular formula is C17H17N5O4. The van der Waals surface area contributed by atoms with Crippen molar-refractivity contribution >= 4 is 17.4 Å². The quantitative estimate of drug-likeness (QED) is 0.514. The monoisotopic (exact) mass is 355 g/mol. The van der Waals surface area contributed by atoms with Crippen LogP contribution in [0.4, 0.5) is 11.5 Å². The number of aryl methyl sites for hydroxylation is 2. The zero-order chi connectivity index (χ0) is 18.8. The number of amides is 1. The maximum absolute atomic E-state index is 12.2. The first-order valence-corrected chi connectivity index (χ1v) is 7.88. The summed E-state index contributed by atoms with van der Waals surface area (Å²) in [6.07, 6.45) is 0. The van der Waals surface area contributed by atoms with Gasteiger partial charge in [-0.25, -0.2) is 4.63 Å². The van der Waals surface area contributed by atoms with Crippen molar-refractivity contribution in [2.45, 2.75) is 27.3 Å². The Hall–Kier alpha value is -3.49. The molecule has 0 unspecified atom stereocenters. The van der Waals surface area contributed by atoms with Crippen LogP contribution in [0, 0.1) is 24.0 Å². The normalized spacial score (nSPS) is 10.7. The topological polar surface area (TPSA) is 107 Å². The Bertz CT molecular complexity index is 938. The molecule has 0 aliphatic rings. The van der Waals surface area contributed by atoms with E-state index in [4.69, 9.17) is 4.63 Å². The van der Waals surface area contributed by atoms with Crippen molar-refractivity contribution < 1.29 is 14.3 Å². The summed E-state index contributed by atoms with van der Waals surface area (Å²) in [7, 11) is 0. The third-order valence-electron chi connectivity index (χ3n) is 4.06. The first-order chi connectivity index (χ1) is 12.4. The number of benzene rings is 1. The van der Waals surface area contributed by atoms with Crippen LogP contribution in [0.5, 0.6) is 0 Å². The lowest BCUT2D eigenvalue weighted by Gasteiger charge is -2.19. The molecule has 0 N–H and O–H groups in total. The number of anilines is 1. The summed E-state index contributed by atoms with van der Waals surface area (Å²) >= 11 is 0. The van der Waals surface area contributed by atoms with Gasteiger partial charge in [0.1, 0.15) is 0 Å². The average molecular weight is 355 g/mol. The van der Waals surface area contributed by atoms with Crippen molar-refractivity contribution in [2.24, 2.45) is 0 Å². The van der Waals surface area contributed by atoms with Gasteiger partial charge in [-0.3, -0.25) is 24.4 Å². The molecule has 9 nitrogen and oxygen atoms in total. The molecule has 1 aromatic carbocycles. The molecule has 0 bridgehead atoms. The zero-order valence-corrected chi connectivity index (χ0v) is 14.5. The van der Waals surface area contributed by atoms with Crippen LogP contribution in [0.2, 0.25) is 0 Å². The number of nitro groups is 1. The molecule has 26 heavy (non-hydrogen) atoms. The van der Waals surface area contributed by atoms with E-state index in [1.165, 1.54) is 24.0 Å². The van der Waals surface area contributed by atoms with Crippen molar-refractivity contribution in [2.75, 3.05) is 4.90 Å². The van der Waals surface area contributed by atoms with E-state index in [1.807, 2.05) is 30.5 Å². The highest BCUT2D eigenvalue weighted by molar-refractivity contribution is 5.91. The molecule has 134 valence electrons. The standard InChI is InChI=1S/C17H17N5O4/c1-11-4-5-12(2)21(11)17-16(18-26-19-17)20(13(3)23)10-14-6-8-15(9-7-14)22(24)25/h4-9H,10H2,1-3H3. The fourth-order valence-electron chi connectivity index (χ4n) is 2.73. The van der Waals surface area contributed by atoms with Crippen LogP contribution in [-0.2, 0) is 11.3 Å². The first kappa shape index (κ1) is 17.3. The lowest BCUT2D eigenvalue weighted by Crippen LogP contribution is -2.29.